The number of nitrogens with zero attached hydrogens (tertiary/aromatic N) is 2. The van der Waals surface area contributed by atoms with E-state index in [9.17, 15) is 9.18 Å². The quantitative estimate of drug-likeness (QED) is 0.897. The van der Waals surface area contributed by atoms with Crippen LogP contribution in [0.1, 0.15) is 12.0 Å². The fraction of sp³-hybridized carbons (Fsp3) is 0.231. The number of ether oxygens (including phenoxy) is 1. The summed E-state index contributed by atoms with van der Waals surface area (Å²) in [4.78, 5) is 10.6. The van der Waals surface area contributed by atoms with Gasteiger partial charge in [-0.2, -0.15) is 5.10 Å². The fourth-order valence-electron chi connectivity index (χ4n) is 1.77. The molecule has 0 saturated heterocycles. The third-order valence-electron chi connectivity index (χ3n) is 2.67. The zero-order valence-corrected chi connectivity index (χ0v) is 10.3. The number of halogens is 1. The fourth-order valence-corrected chi connectivity index (χ4v) is 1.77. The molecule has 1 aromatic carbocycles. The molecule has 0 bridgehead atoms. The van der Waals surface area contributed by atoms with Gasteiger partial charge in [0.15, 0.2) is 0 Å². The highest BCUT2D eigenvalue weighted by Crippen LogP contribution is 2.23. The number of methoxy groups -OCH3 is 1. The van der Waals surface area contributed by atoms with Gasteiger partial charge in [0.2, 0.25) is 5.88 Å². The van der Waals surface area contributed by atoms with Crippen LogP contribution in [0.5, 0.6) is 5.88 Å². The summed E-state index contributed by atoms with van der Waals surface area (Å²) in [5.41, 5.74) is 1.36. The highest BCUT2D eigenvalue weighted by Gasteiger charge is 2.13. The average Bonchev–Trinajstić information content (AvgIpc) is 2.80. The van der Waals surface area contributed by atoms with Crippen LogP contribution in [0.4, 0.5) is 4.39 Å². The van der Waals surface area contributed by atoms with E-state index in [2.05, 4.69) is 5.10 Å². The van der Waals surface area contributed by atoms with Crippen molar-refractivity contribution in [3.63, 3.8) is 0 Å². The molecular weight excluding hydrogens is 251 g/mol. The molecule has 0 atom stereocenters. The zero-order valence-electron chi connectivity index (χ0n) is 10.3. The Balaban J connectivity index is 2.31. The lowest BCUT2D eigenvalue weighted by Crippen LogP contribution is -2.02. The highest BCUT2D eigenvalue weighted by molar-refractivity contribution is 5.67. The number of carbonyl (C=O) groups is 1. The molecule has 0 unspecified atom stereocenters. The van der Waals surface area contributed by atoms with Gasteiger partial charge in [0.05, 0.1) is 19.0 Å². The van der Waals surface area contributed by atoms with Gasteiger partial charge in [-0.3, -0.25) is 4.79 Å². The van der Waals surface area contributed by atoms with Gasteiger partial charge in [-0.15, -0.1) is 0 Å². The molecule has 0 amide bonds. The Labute approximate surface area is 109 Å². The summed E-state index contributed by atoms with van der Waals surface area (Å²) < 4.78 is 19.6. The molecule has 5 nitrogen and oxygen atoms in total. The van der Waals surface area contributed by atoms with Crippen molar-refractivity contribution in [1.82, 2.24) is 9.78 Å². The van der Waals surface area contributed by atoms with E-state index < -0.39 is 5.97 Å². The van der Waals surface area contributed by atoms with Gasteiger partial charge in [-0.05, 0) is 30.7 Å². The van der Waals surface area contributed by atoms with Crippen molar-refractivity contribution >= 4 is 5.97 Å². The number of benzene rings is 1. The van der Waals surface area contributed by atoms with Gasteiger partial charge in [0.25, 0.3) is 0 Å². The predicted octanol–water partition coefficient (Wildman–Crippen LogP) is 2.04. The molecule has 1 aromatic heterocycles. The minimum atomic E-state index is -0.878. The number of hydrogen-bond acceptors (Lipinski definition) is 3. The van der Waals surface area contributed by atoms with Gasteiger partial charge < -0.3 is 9.84 Å². The first-order chi connectivity index (χ1) is 9.11. The van der Waals surface area contributed by atoms with Gasteiger partial charge in [0, 0.05) is 12.0 Å². The standard InChI is InChI=1S/C13H13FN2O3/c1-19-13-9(2-7-12(17)18)8-15-16(13)11-5-3-10(14)4-6-11/h3-6,8H,2,7H2,1H3,(H,17,18). The van der Waals surface area contributed by atoms with E-state index in [0.29, 0.717) is 23.6 Å². The Morgan fingerprint density at radius 2 is 2.11 bits per heavy atom. The first-order valence-corrected chi connectivity index (χ1v) is 5.70. The number of aryl methyl sites for hydroxylation is 1. The molecule has 100 valence electrons. The van der Waals surface area contributed by atoms with Crippen molar-refractivity contribution in [2.24, 2.45) is 0 Å². The second kappa shape index (κ2) is 5.51. The lowest BCUT2D eigenvalue weighted by atomic mass is 10.2. The maximum atomic E-state index is 12.9. The minimum Gasteiger partial charge on any atom is -0.481 e. The smallest absolute Gasteiger partial charge is 0.303 e. The lowest BCUT2D eigenvalue weighted by molar-refractivity contribution is -0.136. The molecule has 1 N–H and O–H groups in total. The number of rotatable bonds is 5. The van der Waals surface area contributed by atoms with E-state index in [-0.39, 0.29) is 12.2 Å². The van der Waals surface area contributed by atoms with Crippen LogP contribution in [0, 0.1) is 5.82 Å². The molecule has 0 saturated carbocycles. The van der Waals surface area contributed by atoms with Crippen molar-refractivity contribution < 1.29 is 19.0 Å². The Bertz CT molecular complexity index is 578. The summed E-state index contributed by atoms with van der Waals surface area (Å²) in [5.74, 6) is -0.745. The average molecular weight is 264 g/mol. The summed E-state index contributed by atoms with van der Waals surface area (Å²) in [7, 11) is 1.49. The van der Waals surface area contributed by atoms with Crippen LogP contribution in [0.25, 0.3) is 5.69 Å². The summed E-state index contributed by atoms with van der Waals surface area (Å²) in [6, 6.07) is 5.80. The van der Waals surface area contributed by atoms with Crippen LogP contribution >= 0.6 is 0 Å². The van der Waals surface area contributed by atoms with E-state index in [1.807, 2.05) is 0 Å². The third kappa shape index (κ3) is 2.90. The van der Waals surface area contributed by atoms with Crippen LogP contribution in [0.3, 0.4) is 0 Å². The number of carboxylic acid groups (broad SMARTS) is 1. The Morgan fingerprint density at radius 3 is 2.68 bits per heavy atom. The maximum Gasteiger partial charge on any atom is 0.303 e. The second-order valence-corrected chi connectivity index (χ2v) is 3.96. The maximum absolute atomic E-state index is 12.9. The summed E-state index contributed by atoms with van der Waals surface area (Å²) in [6.07, 6.45) is 1.90. The molecule has 0 aliphatic heterocycles. The topological polar surface area (TPSA) is 64.3 Å². The van der Waals surface area contributed by atoms with Gasteiger partial charge in [-0.1, -0.05) is 0 Å². The van der Waals surface area contributed by atoms with Crippen LogP contribution in [-0.2, 0) is 11.2 Å². The number of carboxylic acids is 1. The van der Waals surface area contributed by atoms with Crippen LogP contribution in [0.15, 0.2) is 30.5 Å². The molecule has 1 heterocycles. The molecule has 2 aromatic rings. The van der Waals surface area contributed by atoms with E-state index in [1.165, 1.54) is 23.9 Å². The van der Waals surface area contributed by atoms with E-state index in [0.717, 1.165) is 0 Å². The van der Waals surface area contributed by atoms with Crippen molar-refractivity contribution in [2.45, 2.75) is 12.8 Å². The largest absolute Gasteiger partial charge is 0.481 e. The SMILES string of the molecule is COc1c(CCC(=O)O)cnn1-c1ccc(F)cc1. The first kappa shape index (κ1) is 13.1. The first-order valence-electron chi connectivity index (χ1n) is 5.70. The number of aliphatic carboxylic acids is 1. The predicted molar refractivity (Wildman–Crippen MR) is 66.0 cm³/mol. The molecule has 0 spiro atoms. The van der Waals surface area contributed by atoms with E-state index >= 15 is 0 Å². The molecule has 0 radical (unpaired) electrons. The minimum absolute atomic E-state index is 0.00543. The number of aromatic nitrogens is 2. The van der Waals surface area contributed by atoms with Gasteiger partial charge in [-0.25, -0.2) is 9.07 Å². The van der Waals surface area contributed by atoms with Crippen molar-refractivity contribution in [3.05, 3.63) is 41.8 Å². The van der Waals surface area contributed by atoms with Crippen LogP contribution in [-0.4, -0.2) is 28.0 Å². The normalized spacial score (nSPS) is 10.4. The molecular formula is C13H13FN2O3. The molecule has 0 aliphatic rings. The summed E-state index contributed by atoms with van der Waals surface area (Å²) >= 11 is 0. The summed E-state index contributed by atoms with van der Waals surface area (Å²) in [6.45, 7) is 0. The monoisotopic (exact) mass is 264 g/mol. The molecule has 0 fully saturated rings. The highest BCUT2D eigenvalue weighted by atomic mass is 19.1. The molecule has 2 rings (SSSR count). The van der Waals surface area contributed by atoms with Gasteiger partial charge in [0.1, 0.15) is 5.82 Å². The van der Waals surface area contributed by atoms with Gasteiger partial charge >= 0.3 is 5.97 Å². The molecule has 6 heteroatoms. The van der Waals surface area contributed by atoms with Crippen molar-refractivity contribution in [3.8, 4) is 11.6 Å². The summed E-state index contributed by atoms with van der Waals surface area (Å²) in [5, 5.41) is 12.8. The third-order valence-corrected chi connectivity index (χ3v) is 2.67. The van der Waals surface area contributed by atoms with Crippen molar-refractivity contribution in [1.29, 1.82) is 0 Å². The molecule has 19 heavy (non-hydrogen) atoms. The Hall–Kier alpha value is -2.37. The van der Waals surface area contributed by atoms with Crippen molar-refractivity contribution in [2.75, 3.05) is 7.11 Å². The molecule has 0 aliphatic carbocycles. The number of hydrogen-bond donors (Lipinski definition) is 1. The second-order valence-electron chi connectivity index (χ2n) is 3.96. The lowest BCUT2D eigenvalue weighted by Gasteiger charge is -2.07. The Morgan fingerprint density at radius 1 is 1.42 bits per heavy atom. The zero-order chi connectivity index (χ0) is 13.8. The van der Waals surface area contributed by atoms with E-state index in [4.69, 9.17) is 9.84 Å². The van der Waals surface area contributed by atoms with Crippen LogP contribution < -0.4 is 4.74 Å². The van der Waals surface area contributed by atoms with E-state index in [1.54, 1.807) is 18.3 Å². The Kier molecular flexibility index (Phi) is 3.79. The van der Waals surface area contributed by atoms with Crippen LogP contribution in [0.2, 0.25) is 0 Å².